The molecule has 0 aromatic rings. The summed E-state index contributed by atoms with van der Waals surface area (Å²) in [5.74, 6) is 0.602. The predicted molar refractivity (Wildman–Crippen MR) is 45.1 cm³/mol. The van der Waals surface area contributed by atoms with Crippen molar-refractivity contribution in [3.05, 3.63) is 0 Å². The van der Waals surface area contributed by atoms with Crippen LogP contribution >= 0.6 is 0 Å². The number of methoxy groups -OCH3 is 1. The molecular weight excluding hydrogens is 124 g/mol. The minimum absolute atomic E-state index is 0.267. The Morgan fingerprint density at radius 3 is 1.50 bits per heavy atom. The molecule has 10 heavy (non-hydrogen) atoms. The van der Waals surface area contributed by atoms with Gasteiger partial charge < -0.3 is 4.74 Å². The van der Waals surface area contributed by atoms with E-state index in [2.05, 4.69) is 34.6 Å². The molecule has 0 rings (SSSR count). The number of hydrogen-bond acceptors (Lipinski definition) is 1. The highest BCUT2D eigenvalue weighted by Crippen LogP contribution is 2.27. The van der Waals surface area contributed by atoms with E-state index in [1.54, 1.807) is 7.11 Å². The lowest BCUT2D eigenvalue weighted by Crippen LogP contribution is -2.32. The summed E-state index contributed by atoms with van der Waals surface area (Å²) in [6.07, 6.45) is 0.368. The van der Waals surface area contributed by atoms with Crippen LogP contribution in [-0.2, 0) is 4.74 Å². The normalized spacial score (nSPS) is 15.9. The van der Waals surface area contributed by atoms with Gasteiger partial charge in [-0.1, -0.05) is 34.6 Å². The second kappa shape index (κ2) is 3.38. The van der Waals surface area contributed by atoms with Crippen LogP contribution < -0.4 is 0 Å². The lowest BCUT2D eigenvalue weighted by molar-refractivity contribution is -0.0158. The summed E-state index contributed by atoms with van der Waals surface area (Å²) >= 11 is 0. The molecular formula is C9H20O. The van der Waals surface area contributed by atoms with Crippen LogP contribution in [0.2, 0.25) is 0 Å². The first-order valence-corrected chi connectivity index (χ1v) is 3.92. The molecule has 1 nitrogen and oxygen atoms in total. The highest BCUT2D eigenvalue weighted by molar-refractivity contribution is 4.76. The maximum atomic E-state index is 5.38. The van der Waals surface area contributed by atoms with Crippen molar-refractivity contribution in [1.82, 2.24) is 0 Å². The van der Waals surface area contributed by atoms with Gasteiger partial charge in [0.1, 0.15) is 0 Å². The van der Waals surface area contributed by atoms with E-state index in [-0.39, 0.29) is 5.41 Å². The van der Waals surface area contributed by atoms with Crippen LogP contribution in [0.25, 0.3) is 0 Å². The van der Waals surface area contributed by atoms with E-state index in [1.165, 1.54) is 0 Å². The monoisotopic (exact) mass is 144 g/mol. The molecule has 1 heteroatoms. The molecule has 0 aromatic heterocycles. The smallest absolute Gasteiger partial charge is 0.0642 e. The average molecular weight is 144 g/mol. The fourth-order valence-corrected chi connectivity index (χ4v) is 1.63. The number of rotatable bonds is 2. The first-order chi connectivity index (χ1) is 4.39. The molecule has 0 saturated heterocycles. The van der Waals surface area contributed by atoms with Gasteiger partial charge >= 0.3 is 0 Å². The highest BCUT2D eigenvalue weighted by atomic mass is 16.5. The standard InChI is InChI=1S/C9H20O/c1-7(2)8(10-6)9(3,4)5/h7-8H,1-6H3/t8-/m0/s1. The van der Waals surface area contributed by atoms with E-state index in [0.717, 1.165) is 0 Å². The van der Waals surface area contributed by atoms with Gasteiger partial charge in [-0.15, -0.1) is 0 Å². The van der Waals surface area contributed by atoms with Crippen LogP contribution in [0.5, 0.6) is 0 Å². The van der Waals surface area contributed by atoms with Gasteiger partial charge in [0.05, 0.1) is 6.10 Å². The summed E-state index contributed by atoms with van der Waals surface area (Å²) in [6.45, 7) is 11.0. The highest BCUT2D eigenvalue weighted by Gasteiger charge is 2.26. The van der Waals surface area contributed by atoms with Gasteiger partial charge in [-0.2, -0.15) is 0 Å². The van der Waals surface area contributed by atoms with E-state index in [0.29, 0.717) is 12.0 Å². The summed E-state index contributed by atoms with van der Waals surface area (Å²) < 4.78 is 5.38. The van der Waals surface area contributed by atoms with Gasteiger partial charge in [0.15, 0.2) is 0 Å². The SMILES string of the molecule is CO[C@@H](C(C)C)C(C)(C)C. The van der Waals surface area contributed by atoms with Crippen molar-refractivity contribution >= 4 is 0 Å². The Hall–Kier alpha value is -0.0400. The quantitative estimate of drug-likeness (QED) is 0.579. The van der Waals surface area contributed by atoms with Crippen LogP contribution in [0.15, 0.2) is 0 Å². The van der Waals surface area contributed by atoms with Gasteiger partial charge in [0.2, 0.25) is 0 Å². The number of ether oxygens (including phenoxy) is 1. The summed E-state index contributed by atoms with van der Waals surface area (Å²) in [4.78, 5) is 0. The zero-order chi connectivity index (χ0) is 8.36. The third-order valence-electron chi connectivity index (χ3n) is 1.71. The van der Waals surface area contributed by atoms with Crippen molar-refractivity contribution in [2.24, 2.45) is 11.3 Å². The van der Waals surface area contributed by atoms with E-state index in [1.807, 2.05) is 0 Å². The summed E-state index contributed by atoms with van der Waals surface area (Å²) in [5, 5.41) is 0. The van der Waals surface area contributed by atoms with Crippen molar-refractivity contribution in [3.63, 3.8) is 0 Å². The van der Waals surface area contributed by atoms with Gasteiger partial charge in [0, 0.05) is 7.11 Å². The van der Waals surface area contributed by atoms with Gasteiger partial charge in [-0.3, -0.25) is 0 Å². The zero-order valence-electron chi connectivity index (χ0n) is 8.06. The molecule has 0 spiro atoms. The minimum atomic E-state index is 0.267. The predicted octanol–water partition coefficient (Wildman–Crippen LogP) is 2.70. The van der Waals surface area contributed by atoms with Crippen molar-refractivity contribution in [2.75, 3.05) is 7.11 Å². The molecule has 0 aromatic carbocycles. The third-order valence-corrected chi connectivity index (χ3v) is 1.71. The fourth-order valence-electron chi connectivity index (χ4n) is 1.63. The first kappa shape index (κ1) is 9.96. The van der Waals surface area contributed by atoms with E-state index in [9.17, 15) is 0 Å². The van der Waals surface area contributed by atoms with Crippen LogP contribution in [0, 0.1) is 11.3 Å². The zero-order valence-corrected chi connectivity index (χ0v) is 8.06. The first-order valence-electron chi connectivity index (χ1n) is 3.92. The Kier molecular flexibility index (Phi) is 3.37. The largest absolute Gasteiger partial charge is 0.381 e. The molecule has 0 bridgehead atoms. The Bertz CT molecular complexity index is 89.4. The lowest BCUT2D eigenvalue weighted by Gasteiger charge is -2.32. The molecule has 0 saturated carbocycles. The summed E-state index contributed by atoms with van der Waals surface area (Å²) in [7, 11) is 1.79. The Labute approximate surface area is 64.8 Å². The fraction of sp³-hybridized carbons (Fsp3) is 1.00. The molecule has 0 N–H and O–H groups in total. The van der Waals surface area contributed by atoms with Crippen molar-refractivity contribution in [3.8, 4) is 0 Å². The molecule has 0 amide bonds. The molecule has 0 aliphatic heterocycles. The van der Waals surface area contributed by atoms with Crippen LogP contribution in [-0.4, -0.2) is 13.2 Å². The van der Waals surface area contributed by atoms with Gasteiger partial charge in [-0.25, -0.2) is 0 Å². The minimum Gasteiger partial charge on any atom is -0.381 e. The summed E-state index contributed by atoms with van der Waals surface area (Å²) in [6, 6.07) is 0. The average Bonchev–Trinajstić information content (AvgIpc) is 1.60. The maximum Gasteiger partial charge on any atom is 0.0642 e. The Morgan fingerprint density at radius 2 is 1.50 bits per heavy atom. The second-order valence-corrected chi connectivity index (χ2v) is 4.27. The molecule has 1 atom stereocenters. The molecule has 0 heterocycles. The van der Waals surface area contributed by atoms with Crippen molar-refractivity contribution in [1.29, 1.82) is 0 Å². The Balaban J connectivity index is 4.07. The maximum absolute atomic E-state index is 5.38. The van der Waals surface area contributed by atoms with Crippen LogP contribution in [0.1, 0.15) is 34.6 Å². The topological polar surface area (TPSA) is 9.23 Å². The molecule has 0 aliphatic rings. The van der Waals surface area contributed by atoms with Crippen molar-refractivity contribution in [2.45, 2.75) is 40.7 Å². The molecule has 0 unspecified atom stereocenters. The Morgan fingerprint density at radius 1 is 1.10 bits per heavy atom. The number of hydrogen-bond donors (Lipinski definition) is 0. The molecule has 0 aliphatic carbocycles. The van der Waals surface area contributed by atoms with E-state index < -0.39 is 0 Å². The van der Waals surface area contributed by atoms with Gasteiger partial charge in [0.25, 0.3) is 0 Å². The summed E-state index contributed by atoms with van der Waals surface area (Å²) in [5.41, 5.74) is 0.267. The third kappa shape index (κ3) is 2.70. The van der Waals surface area contributed by atoms with E-state index in [4.69, 9.17) is 4.74 Å². The lowest BCUT2D eigenvalue weighted by atomic mass is 9.83. The van der Waals surface area contributed by atoms with Crippen LogP contribution in [0.3, 0.4) is 0 Å². The van der Waals surface area contributed by atoms with E-state index >= 15 is 0 Å². The van der Waals surface area contributed by atoms with Crippen LogP contribution in [0.4, 0.5) is 0 Å². The molecule has 0 radical (unpaired) electrons. The molecule has 62 valence electrons. The molecule has 0 fully saturated rings. The van der Waals surface area contributed by atoms with Gasteiger partial charge in [-0.05, 0) is 11.3 Å². The van der Waals surface area contributed by atoms with Crippen molar-refractivity contribution < 1.29 is 4.74 Å². The second-order valence-electron chi connectivity index (χ2n) is 4.27.